The molecule has 0 radical (unpaired) electrons. The summed E-state index contributed by atoms with van der Waals surface area (Å²) in [7, 11) is 0. The van der Waals surface area contributed by atoms with E-state index in [-0.39, 0.29) is 11.7 Å². The van der Waals surface area contributed by atoms with Crippen molar-refractivity contribution in [3.8, 4) is 5.75 Å². The molecule has 0 fully saturated rings. The van der Waals surface area contributed by atoms with Crippen LogP contribution < -0.4 is 5.32 Å². The lowest BCUT2D eigenvalue weighted by molar-refractivity contribution is 0.0950. The molecule has 2 aromatic rings. The molecule has 0 aliphatic rings. The highest BCUT2D eigenvalue weighted by Crippen LogP contribution is 2.16. The standard InChI is InChI=1S/C17H19NO2/c1-3-13-6-4-5-7-14(13)11-18-17(20)16-9-8-15(19)10-12(16)2/h4-10,19H,3,11H2,1-2H3,(H,18,20). The summed E-state index contributed by atoms with van der Waals surface area (Å²) < 4.78 is 0. The first kappa shape index (κ1) is 14.1. The highest BCUT2D eigenvalue weighted by atomic mass is 16.3. The Morgan fingerprint density at radius 2 is 1.85 bits per heavy atom. The van der Waals surface area contributed by atoms with Crippen LogP contribution >= 0.6 is 0 Å². The van der Waals surface area contributed by atoms with Gasteiger partial charge in [-0.3, -0.25) is 4.79 Å². The van der Waals surface area contributed by atoms with Crippen LogP contribution in [0.15, 0.2) is 42.5 Å². The van der Waals surface area contributed by atoms with E-state index in [1.807, 2.05) is 25.1 Å². The number of amides is 1. The number of benzene rings is 2. The number of phenols is 1. The topological polar surface area (TPSA) is 49.3 Å². The fourth-order valence-electron chi connectivity index (χ4n) is 2.25. The summed E-state index contributed by atoms with van der Waals surface area (Å²) in [5.74, 6) is 0.0591. The van der Waals surface area contributed by atoms with Gasteiger partial charge >= 0.3 is 0 Å². The number of phenolic OH excluding ortho intramolecular Hbond substituents is 1. The van der Waals surface area contributed by atoms with E-state index >= 15 is 0 Å². The third-order valence-electron chi connectivity index (χ3n) is 3.39. The molecule has 2 N–H and O–H groups in total. The van der Waals surface area contributed by atoms with Crippen molar-refractivity contribution in [3.05, 3.63) is 64.7 Å². The molecule has 0 atom stereocenters. The maximum atomic E-state index is 12.2. The Hall–Kier alpha value is -2.29. The van der Waals surface area contributed by atoms with Crippen molar-refractivity contribution < 1.29 is 9.90 Å². The molecule has 3 heteroatoms. The van der Waals surface area contributed by atoms with Gasteiger partial charge in [-0.05, 0) is 48.2 Å². The van der Waals surface area contributed by atoms with Crippen molar-refractivity contribution in [1.82, 2.24) is 5.32 Å². The van der Waals surface area contributed by atoms with Crippen molar-refractivity contribution in [2.45, 2.75) is 26.8 Å². The molecule has 0 unspecified atom stereocenters. The normalized spacial score (nSPS) is 10.3. The number of hydrogen-bond donors (Lipinski definition) is 2. The zero-order valence-corrected chi connectivity index (χ0v) is 11.8. The molecular formula is C17H19NO2. The van der Waals surface area contributed by atoms with E-state index in [0.717, 1.165) is 17.5 Å². The van der Waals surface area contributed by atoms with Crippen molar-refractivity contribution in [1.29, 1.82) is 0 Å². The van der Waals surface area contributed by atoms with Crippen LogP contribution in [0.2, 0.25) is 0 Å². The molecule has 0 aromatic heterocycles. The minimum Gasteiger partial charge on any atom is -0.508 e. The van der Waals surface area contributed by atoms with Crippen LogP contribution in [0.25, 0.3) is 0 Å². The van der Waals surface area contributed by atoms with E-state index < -0.39 is 0 Å². The van der Waals surface area contributed by atoms with Gasteiger partial charge in [0.15, 0.2) is 0 Å². The maximum Gasteiger partial charge on any atom is 0.251 e. The monoisotopic (exact) mass is 269 g/mol. The van der Waals surface area contributed by atoms with E-state index in [2.05, 4.69) is 18.3 Å². The Kier molecular flexibility index (Phi) is 4.41. The fraction of sp³-hybridized carbons (Fsp3) is 0.235. The SMILES string of the molecule is CCc1ccccc1CNC(=O)c1ccc(O)cc1C. The number of carbonyl (C=O) groups is 1. The number of aromatic hydroxyl groups is 1. The number of nitrogens with one attached hydrogen (secondary N) is 1. The third kappa shape index (κ3) is 3.18. The zero-order valence-electron chi connectivity index (χ0n) is 11.8. The van der Waals surface area contributed by atoms with Crippen LogP contribution in [0.3, 0.4) is 0 Å². The number of rotatable bonds is 4. The third-order valence-corrected chi connectivity index (χ3v) is 3.39. The van der Waals surface area contributed by atoms with E-state index in [1.54, 1.807) is 12.1 Å². The van der Waals surface area contributed by atoms with Crippen LogP contribution in [-0.2, 0) is 13.0 Å². The molecule has 20 heavy (non-hydrogen) atoms. The predicted octanol–water partition coefficient (Wildman–Crippen LogP) is 3.19. The van der Waals surface area contributed by atoms with Gasteiger partial charge < -0.3 is 10.4 Å². The first-order valence-corrected chi connectivity index (χ1v) is 6.76. The van der Waals surface area contributed by atoms with Gasteiger partial charge in [-0.1, -0.05) is 31.2 Å². The lowest BCUT2D eigenvalue weighted by Crippen LogP contribution is -2.24. The molecule has 0 saturated carbocycles. The zero-order chi connectivity index (χ0) is 14.5. The van der Waals surface area contributed by atoms with Gasteiger partial charge in [-0.25, -0.2) is 0 Å². The Labute approximate surface area is 119 Å². The molecular weight excluding hydrogens is 250 g/mol. The summed E-state index contributed by atoms with van der Waals surface area (Å²) in [5.41, 5.74) is 3.75. The molecule has 0 spiro atoms. The summed E-state index contributed by atoms with van der Waals surface area (Å²) >= 11 is 0. The lowest BCUT2D eigenvalue weighted by atomic mass is 10.0. The van der Waals surface area contributed by atoms with Crippen molar-refractivity contribution in [2.24, 2.45) is 0 Å². The smallest absolute Gasteiger partial charge is 0.251 e. The summed E-state index contributed by atoms with van der Waals surface area (Å²) in [5, 5.41) is 12.3. The largest absolute Gasteiger partial charge is 0.508 e. The Morgan fingerprint density at radius 3 is 2.50 bits per heavy atom. The maximum absolute atomic E-state index is 12.2. The molecule has 1 amide bonds. The van der Waals surface area contributed by atoms with Crippen molar-refractivity contribution in [2.75, 3.05) is 0 Å². The lowest BCUT2D eigenvalue weighted by Gasteiger charge is -2.10. The second-order valence-corrected chi connectivity index (χ2v) is 4.80. The Morgan fingerprint density at radius 1 is 1.15 bits per heavy atom. The van der Waals surface area contributed by atoms with Gasteiger partial charge in [-0.15, -0.1) is 0 Å². The molecule has 0 bridgehead atoms. The Balaban J connectivity index is 2.09. The molecule has 2 aromatic carbocycles. The molecule has 104 valence electrons. The van der Waals surface area contributed by atoms with E-state index in [0.29, 0.717) is 12.1 Å². The summed E-state index contributed by atoms with van der Waals surface area (Å²) in [4.78, 5) is 12.2. The van der Waals surface area contributed by atoms with Crippen molar-refractivity contribution >= 4 is 5.91 Å². The van der Waals surface area contributed by atoms with Crippen molar-refractivity contribution in [3.63, 3.8) is 0 Å². The Bertz CT molecular complexity index is 620. The number of hydrogen-bond acceptors (Lipinski definition) is 2. The highest BCUT2D eigenvalue weighted by molar-refractivity contribution is 5.95. The molecule has 0 saturated heterocycles. The van der Waals surface area contributed by atoms with E-state index in [9.17, 15) is 9.90 Å². The molecule has 0 heterocycles. The summed E-state index contributed by atoms with van der Waals surface area (Å²) in [6.07, 6.45) is 0.949. The number of carbonyl (C=O) groups excluding carboxylic acids is 1. The average Bonchev–Trinajstić information content (AvgIpc) is 2.45. The number of aryl methyl sites for hydroxylation is 2. The predicted molar refractivity (Wildman–Crippen MR) is 79.8 cm³/mol. The molecule has 3 nitrogen and oxygen atoms in total. The minimum atomic E-state index is -0.117. The first-order valence-electron chi connectivity index (χ1n) is 6.76. The van der Waals surface area contributed by atoms with Crippen LogP contribution in [0.4, 0.5) is 0 Å². The van der Waals surface area contributed by atoms with Crippen LogP contribution in [0, 0.1) is 6.92 Å². The van der Waals surface area contributed by atoms with Gasteiger partial charge in [0.05, 0.1) is 0 Å². The first-order chi connectivity index (χ1) is 9.61. The van der Waals surface area contributed by atoms with Crippen LogP contribution in [-0.4, -0.2) is 11.0 Å². The van der Waals surface area contributed by atoms with Gasteiger partial charge in [-0.2, -0.15) is 0 Å². The minimum absolute atomic E-state index is 0.117. The summed E-state index contributed by atoms with van der Waals surface area (Å²) in [6.45, 7) is 4.43. The fourth-order valence-corrected chi connectivity index (χ4v) is 2.25. The molecule has 0 aliphatic heterocycles. The molecule has 0 aliphatic carbocycles. The summed E-state index contributed by atoms with van der Waals surface area (Å²) in [6, 6.07) is 12.9. The average molecular weight is 269 g/mol. The van der Waals surface area contributed by atoms with Crippen LogP contribution in [0.5, 0.6) is 5.75 Å². The second-order valence-electron chi connectivity index (χ2n) is 4.80. The molecule has 2 rings (SSSR count). The highest BCUT2D eigenvalue weighted by Gasteiger charge is 2.09. The van der Waals surface area contributed by atoms with E-state index in [4.69, 9.17) is 0 Å². The van der Waals surface area contributed by atoms with Gasteiger partial charge in [0.2, 0.25) is 0 Å². The van der Waals surface area contributed by atoms with Gasteiger partial charge in [0.25, 0.3) is 5.91 Å². The van der Waals surface area contributed by atoms with Gasteiger partial charge in [0.1, 0.15) is 5.75 Å². The van der Waals surface area contributed by atoms with E-state index in [1.165, 1.54) is 11.6 Å². The quantitative estimate of drug-likeness (QED) is 0.895. The second kappa shape index (κ2) is 6.24. The van der Waals surface area contributed by atoms with Crippen LogP contribution in [0.1, 0.15) is 34.0 Å². The van der Waals surface area contributed by atoms with Gasteiger partial charge in [0, 0.05) is 12.1 Å².